The van der Waals surface area contributed by atoms with Gasteiger partial charge in [0, 0.05) is 6.17 Å². The second kappa shape index (κ2) is 3.05. The first kappa shape index (κ1) is 7.85. The molecule has 0 spiro atoms. The minimum atomic E-state index is -0.575. The summed E-state index contributed by atoms with van der Waals surface area (Å²) in [6.07, 6.45) is 0.0773. The Kier molecular flexibility index (Phi) is 1.71. The molecule has 0 amide bonds. The third-order valence-electron chi connectivity index (χ3n) is 2.83. The van der Waals surface area contributed by atoms with E-state index in [-0.39, 0.29) is 11.7 Å². The highest BCUT2D eigenvalue weighted by atomic mass is 32.1. The normalized spacial score (nSPS) is 26.1. The van der Waals surface area contributed by atoms with E-state index in [1.807, 2.05) is 27.7 Å². The van der Waals surface area contributed by atoms with Gasteiger partial charge in [0.15, 0.2) is 0 Å². The van der Waals surface area contributed by atoms with Crippen LogP contribution in [0.25, 0.3) is 0 Å². The largest absolute Gasteiger partial charge is 0.507 e. The van der Waals surface area contributed by atoms with Crippen molar-refractivity contribution in [3.63, 3.8) is 0 Å². The maximum Gasteiger partial charge on any atom is 0.507 e. The highest BCUT2D eigenvalue weighted by Gasteiger charge is 2.52. The summed E-state index contributed by atoms with van der Waals surface area (Å²) in [4.78, 5) is 3.74. The van der Waals surface area contributed by atoms with Crippen LogP contribution in [0, 0.1) is 0 Å². The Morgan fingerprint density at radius 2 is 1.93 bits per heavy atom. The summed E-state index contributed by atoms with van der Waals surface area (Å²) in [6.45, 7) is 7.83. The highest BCUT2D eigenvalue weighted by molar-refractivity contribution is 7.20. The highest BCUT2D eigenvalue weighted by Crippen LogP contribution is 2.36. The summed E-state index contributed by atoms with van der Waals surface area (Å²) in [7, 11) is -0.575. The molecule has 0 aromatic carbocycles. The lowest BCUT2D eigenvalue weighted by molar-refractivity contribution is 0.00578. The molecule has 0 unspecified atom stereocenters. The zero-order valence-corrected chi connectivity index (χ0v) is 9.57. The Labute approximate surface area is 91.4 Å². The fraction of sp³-hybridized carbons (Fsp3) is 0.667. The molecule has 0 bridgehead atoms. The SMILES string of the molecule is [2H]c1nc([2H])c(B2OC(C)(C)C(C)(C)O2)s1. The summed E-state index contributed by atoms with van der Waals surface area (Å²) in [5.41, 5.74) is -0.721. The molecule has 3 nitrogen and oxygen atoms in total. The zero-order chi connectivity index (χ0) is 12.1. The van der Waals surface area contributed by atoms with Crippen molar-refractivity contribution in [1.29, 1.82) is 0 Å². The van der Waals surface area contributed by atoms with Crippen LogP contribution in [0.4, 0.5) is 0 Å². The second-order valence-electron chi connectivity index (χ2n) is 4.37. The maximum absolute atomic E-state index is 7.63. The standard InChI is InChI=1S/C9H14BNO2S/c1-8(2)9(3,4)13-10(12-8)7-5-11-6-14-7/h5-6H,1-4H3/i5D,6D. The summed E-state index contributed by atoms with van der Waals surface area (Å²) >= 11 is 1.13. The van der Waals surface area contributed by atoms with E-state index in [9.17, 15) is 0 Å². The third kappa shape index (κ3) is 1.49. The summed E-state index contributed by atoms with van der Waals surface area (Å²) < 4.78 is 27.2. The molecule has 14 heavy (non-hydrogen) atoms. The molecule has 2 heterocycles. The van der Waals surface area contributed by atoms with E-state index in [0.29, 0.717) is 4.78 Å². The number of rotatable bonds is 1. The number of aromatic nitrogens is 1. The van der Waals surface area contributed by atoms with Crippen molar-refractivity contribution in [3.05, 3.63) is 11.7 Å². The minimum absolute atomic E-state index is 0.0773. The molecular weight excluding hydrogens is 197 g/mol. The number of hydrogen-bond acceptors (Lipinski definition) is 4. The van der Waals surface area contributed by atoms with E-state index in [1.165, 1.54) is 0 Å². The first-order valence-electron chi connectivity index (χ1n) is 5.52. The Morgan fingerprint density at radius 1 is 1.36 bits per heavy atom. The van der Waals surface area contributed by atoms with Crippen LogP contribution in [-0.2, 0) is 9.31 Å². The van der Waals surface area contributed by atoms with Gasteiger partial charge in [-0.3, -0.25) is 4.98 Å². The lowest BCUT2D eigenvalue weighted by Crippen LogP contribution is -2.41. The van der Waals surface area contributed by atoms with Crippen LogP contribution < -0.4 is 4.78 Å². The van der Waals surface area contributed by atoms with Crippen LogP contribution in [0.5, 0.6) is 0 Å². The predicted octanol–water partition coefficient (Wildman–Crippen LogP) is 1.44. The summed E-state index contributed by atoms with van der Waals surface area (Å²) in [6, 6.07) is 0. The summed E-state index contributed by atoms with van der Waals surface area (Å²) in [5, 5.41) is 0. The van der Waals surface area contributed by atoms with Gasteiger partial charge >= 0.3 is 7.12 Å². The van der Waals surface area contributed by atoms with E-state index in [2.05, 4.69) is 4.98 Å². The zero-order valence-electron chi connectivity index (χ0n) is 10.7. The second-order valence-corrected chi connectivity index (χ2v) is 5.20. The van der Waals surface area contributed by atoms with Crippen LogP contribution in [0.1, 0.15) is 30.4 Å². The van der Waals surface area contributed by atoms with E-state index in [4.69, 9.17) is 12.1 Å². The molecule has 0 N–H and O–H groups in total. The van der Waals surface area contributed by atoms with Gasteiger partial charge in [-0.15, -0.1) is 11.3 Å². The van der Waals surface area contributed by atoms with Gasteiger partial charge in [-0.05, 0) is 27.7 Å². The Morgan fingerprint density at radius 3 is 2.36 bits per heavy atom. The van der Waals surface area contributed by atoms with Crippen molar-refractivity contribution in [3.8, 4) is 0 Å². The van der Waals surface area contributed by atoms with Gasteiger partial charge in [-0.25, -0.2) is 0 Å². The van der Waals surface area contributed by atoms with Crippen LogP contribution in [-0.4, -0.2) is 23.3 Å². The minimum Gasteiger partial charge on any atom is -0.399 e. The third-order valence-corrected chi connectivity index (χ3v) is 3.52. The molecule has 1 aromatic heterocycles. The van der Waals surface area contributed by atoms with E-state index in [1.54, 1.807) is 0 Å². The van der Waals surface area contributed by atoms with Crippen molar-refractivity contribution in [1.82, 2.24) is 4.98 Å². The molecular formula is C9H14BNO2S. The molecule has 5 heteroatoms. The predicted molar refractivity (Wildman–Crippen MR) is 57.8 cm³/mol. The lowest BCUT2D eigenvalue weighted by atomic mass is 9.89. The molecule has 0 atom stereocenters. The van der Waals surface area contributed by atoms with E-state index < -0.39 is 18.3 Å². The molecule has 1 aliphatic heterocycles. The van der Waals surface area contributed by atoms with Crippen molar-refractivity contribution in [2.75, 3.05) is 0 Å². The number of nitrogens with zero attached hydrogens (tertiary/aromatic N) is 1. The average Bonchev–Trinajstić information content (AvgIpc) is 2.51. The van der Waals surface area contributed by atoms with Crippen molar-refractivity contribution < 1.29 is 12.1 Å². The van der Waals surface area contributed by atoms with Crippen molar-refractivity contribution >= 4 is 23.2 Å². The monoisotopic (exact) mass is 213 g/mol. The van der Waals surface area contributed by atoms with E-state index >= 15 is 0 Å². The molecule has 0 aliphatic carbocycles. The quantitative estimate of drug-likeness (QED) is 0.661. The van der Waals surface area contributed by atoms with Gasteiger partial charge in [0.05, 0.1) is 24.2 Å². The van der Waals surface area contributed by atoms with Gasteiger partial charge in [0.25, 0.3) is 0 Å². The van der Waals surface area contributed by atoms with Crippen LogP contribution >= 0.6 is 11.3 Å². The van der Waals surface area contributed by atoms with Crippen LogP contribution in [0.3, 0.4) is 0 Å². The van der Waals surface area contributed by atoms with Crippen LogP contribution in [0.2, 0.25) is 0 Å². The molecule has 1 aromatic rings. The maximum atomic E-state index is 7.63. The van der Waals surface area contributed by atoms with Crippen LogP contribution in [0.15, 0.2) is 11.7 Å². The van der Waals surface area contributed by atoms with Gasteiger partial charge in [0.1, 0.15) is 0 Å². The fourth-order valence-electron chi connectivity index (χ4n) is 1.22. The molecule has 1 fully saturated rings. The first-order chi connectivity index (χ1) is 7.23. The molecule has 76 valence electrons. The van der Waals surface area contributed by atoms with Gasteiger partial charge in [-0.1, -0.05) is 0 Å². The van der Waals surface area contributed by atoms with Gasteiger partial charge in [-0.2, -0.15) is 0 Å². The molecule has 1 aliphatic rings. The number of thiazole rings is 1. The first-order valence-corrected chi connectivity index (χ1v) is 5.34. The average molecular weight is 213 g/mol. The smallest absolute Gasteiger partial charge is 0.399 e. The lowest BCUT2D eigenvalue weighted by Gasteiger charge is -2.32. The van der Waals surface area contributed by atoms with Crippen molar-refractivity contribution in [2.45, 2.75) is 38.9 Å². The Balaban J connectivity index is 2.30. The number of hydrogen-bond donors (Lipinski definition) is 0. The Hall–Kier alpha value is -0.385. The van der Waals surface area contributed by atoms with E-state index in [0.717, 1.165) is 11.3 Å². The van der Waals surface area contributed by atoms with Gasteiger partial charge < -0.3 is 9.31 Å². The van der Waals surface area contributed by atoms with Crippen molar-refractivity contribution in [2.24, 2.45) is 0 Å². The summed E-state index contributed by atoms with van der Waals surface area (Å²) in [5.74, 6) is 0. The molecule has 2 rings (SSSR count). The molecule has 0 saturated carbocycles. The fourth-order valence-corrected chi connectivity index (χ4v) is 1.70. The topological polar surface area (TPSA) is 31.4 Å². The molecule has 0 radical (unpaired) electrons. The Bertz CT molecular complexity index is 406. The van der Waals surface area contributed by atoms with Gasteiger partial charge in [0.2, 0.25) is 0 Å². The molecule has 1 saturated heterocycles.